The third kappa shape index (κ3) is 3.82. The van der Waals surface area contributed by atoms with Crippen LogP contribution in [0.25, 0.3) is 0 Å². The van der Waals surface area contributed by atoms with Gasteiger partial charge in [0.05, 0.1) is 23.0 Å². The van der Waals surface area contributed by atoms with E-state index in [0.717, 1.165) is 17.8 Å². The van der Waals surface area contributed by atoms with Crippen molar-refractivity contribution in [2.75, 3.05) is 26.3 Å². The molecule has 1 saturated heterocycles. The summed E-state index contributed by atoms with van der Waals surface area (Å²) < 4.78 is 31.5. The Kier molecular flexibility index (Phi) is 5.37. The smallest absolute Gasteiger partial charge is 0.261 e. The third-order valence-electron chi connectivity index (χ3n) is 3.40. The van der Waals surface area contributed by atoms with Crippen LogP contribution in [0.2, 0.25) is 0 Å². The highest BCUT2D eigenvalue weighted by Gasteiger charge is 2.28. The molecule has 1 aliphatic rings. The van der Waals surface area contributed by atoms with E-state index in [0.29, 0.717) is 31.2 Å². The Labute approximate surface area is 129 Å². The van der Waals surface area contributed by atoms with Crippen LogP contribution in [-0.4, -0.2) is 51.0 Å². The Morgan fingerprint density at radius 2 is 2.14 bits per heavy atom. The molecule has 1 amide bonds. The number of amides is 1. The van der Waals surface area contributed by atoms with Gasteiger partial charge in [-0.15, -0.1) is 11.3 Å². The molecule has 1 aromatic heterocycles. The number of nitrogens with zero attached hydrogens (tertiary/aromatic N) is 1. The average molecular weight is 332 g/mol. The summed E-state index contributed by atoms with van der Waals surface area (Å²) in [6.45, 7) is 5.42. The lowest BCUT2D eigenvalue weighted by molar-refractivity contribution is 0.0730. The Balaban J connectivity index is 2.13. The molecule has 21 heavy (non-hydrogen) atoms. The topological polar surface area (TPSA) is 75.7 Å². The van der Waals surface area contributed by atoms with Crippen LogP contribution in [0.5, 0.6) is 0 Å². The minimum Gasteiger partial charge on any atom is -0.379 e. The first-order valence-electron chi connectivity index (χ1n) is 6.92. The maximum absolute atomic E-state index is 12.4. The largest absolute Gasteiger partial charge is 0.379 e. The fourth-order valence-electron chi connectivity index (χ4n) is 1.91. The number of hydrogen-bond acceptors (Lipinski definition) is 5. The summed E-state index contributed by atoms with van der Waals surface area (Å²) in [4.78, 5) is 12.6. The number of carbonyl (C=O) groups is 1. The zero-order valence-corrected chi connectivity index (χ0v) is 13.8. The van der Waals surface area contributed by atoms with Crippen molar-refractivity contribution < 1.29 is 17.9 Å². The predicted molar refractivity (Wildman–Crippen MR) is 81.1 cm³/mol. The number of rotatable bonds is 5. The Bertz CT molecular complexity index is 591. The molecule has 1 atom stereocenters. The molecule has 0 saturated carbocycles. The van der Waals surface area contributed by atoms with Gasteiger partial charge in [-0.2, -0.15) is 4.31 Å². The van der Waals surface area contributed by atoms with Crippen LogP contribution in [0.4, 0.5) is 0 Å². The minimum atomic E-state index is -3.53. The summed E-state index contributed by atoms with van der Waals surface area (Å²) in [5, 5.41) is 4.36. The average Bonchev–Trinajstić information content (AvgIpc) is 2.98. The Hall–Kier alpha value is -0.960. The van der Waals surface area contributed by atoms with Gasteiger partial charge >= 0.3 is 0 Å². The van der Waals surface area contributed by atoms with Gasteiger partial charge in [-0.1, -0.05) is 6.92 Å². The molecule has 2 rings (SSSR count). The van der Waals surface area contributed by atoms with Gasteiger partial charge in [0.2, 0.25) is 10.0 Å². The minimum absolute atomic E-state index is 0.0684. The maximum atomic E-state index is 12.4. The number of sulfonamides is 1. The van der Waals surface area contributed by atoms with Gasteiger partial charge in [0.25, 0.3) is 5.91 Å². The molecule has 1 N–H and O–H groups in total. The molecule has 0 aromatic carbocycles. The van der Waals surface area contributed by atoms with Crippen molar-refractivity contribution in [2.45, 2.75) is 31.2 Å². The second-order valence-corrected chi connectivity index (χ2v) is 7.80. The Morgan fingerprint density at radius 1 is 1.48 bits per heavy atom. The second-order valence-electron chi connectivity index (χ2n) is 4.95. The fourth-order valence-corrected chi connectivity index (χ4v) is 4.48. The van der Waals surface area contributed by atoms with Crippen molar-refractivity contribution in [3.8, 4) is 0 Å². The highest BCUT2D eigenvalue weighted by atomic mass is 32.2. The molecule has 1 aromatic rings. The van der Waals surface area contributed by atoms with Crippen LogP contribution in [0, 0.1) is 0 Å². The monoisotopic (exact) mass is 332 g/mol. The molecule has 1 aliphatic heterocycles. The van der Waals surface area contributed by atoms with E-state index in [1.165, 1.54) is 15.8 Å². The van der Waals surface area contributed by atoms with E-state index in [4.69, 9.17) is 4.74 Å². The number of carbonyl (C=O) groups excluding carboxylic acids is 1. The van der Waals surface area contributed by atoms with Gasteiger partial charge in [-0.05, 0) is 19.4 Å². The number of hydrogen-bond donors (Lipinski definition) is 1. The number of nitrogens with one attached hydrogen (secondary N) is 1. The van der Waals surface area contributed by atoms with E-state index in [1.54, 1.807) is 0 Å². The number of morpholine rings is 1. The summed E-state index contributed by atoms with van der Waals surface area (Å²) >= 11 is 1.15. The molecule has 6 nitrogen and oxygen atoms in total. The predicted octanol–water partition coefficient (Wildman–Crippen LogP) is 1.30. The first-order chi connectivity index (χ1) is 9.95. The van der Waals surface area contributed by atoms with Crippen LogP contribution in [0.15, 0.2) is 16.3 Å². The van der Waals surface area contributed by atoms with Gasteiger partial charge in [0, 0.05) is 24.5 Å². The molecule has 1 unspecified atom stereocenters. The zero-order chi connectivity index (χ0) is 15.5. The van der Waals surface area contributed by atoms with Crippen molar-refractivity contribution in [1.29, 1.82) is 0 Å². The van der Waals surface area contributed by atoms with Crippen LogP contribution in [-0.2, 0) is 14.8 Å². The van der Waals surface area contributed by atoms with Crippen molar-refractivity contribution in [3.05, 3.63) is 16.3 Å². The number of thiophene rings is 1. The van der Waals surface area contributed by atoms with E-state index >= 15 is 0 Å². The normalized spacial score (nSPS) is 18.4. The molecule has 8 heteroatoms. The van der Waals surface area contributed by atoms with E-state index in [2.05, 4.69) is 5.32 Å². The van der Waals surface area contributed by atoms with Gasteiger partial charge in [0.15, 0.2) is 0 Å². The number of ether oxygens (including phenoxy) is 1. The standard InChI is InChI=1S/C13H20N2O4S2/c1-3-10(2)14-13(16)12-8-11(9-20-12)21(17,18)15-4-6-19-7-5-15/h8-10H,3-7H2,1-2H3,(H,14,16). The summed E-state index contributed by atoms with van der Waals surface area (Å²) in [6.07, 6.45) is 0.829. The lowest BCUT2D eigenvalue weighted by atomic mass is 10.2. The van der Waals surface area contributed by atoms with Crippen molar-refractivity contribution >= 4 is 27.3 Å². The quantitative estimate of drug-likeness (QED) is 0.882. The van der Waals surface area contributed by atoms with E-state index in [-0.39, 0.29) is 16.8 Å². The maximum Gasteiger partial charge on any atom is 0.261 e. The van der Waals surface area contributed by atoms with Gasteiger partial charge in [-0.25, -0.2) is 8.42 Å². The highest BCUT2D eigenvalue weighted by Crippen LogP contribution is 2.23. The van der Waals surface area contributed by atoms with Crippen LogP contribution in [0.1, 0.15) is 29.9 Å². The Morgan fingerprint density at radius 3 is 2.76 bits per heavy atom. The molecule has 118 valence electrons. The molecule has 0 spiro atoms. The van der Waals surface area contributed by atoms with Crippen LogP contribution >= 0.6 is 11.3 Å². The van der Waals surface area contributed by atoms with Crippen molar-refractivity contribution in [2.24, 2.45) is 0 Å². The SMILES string of the molecule is CCC(C)NC(=O)c1cc(S(=O)(=O)N2CCOCC2)cs1. The first-order valence-corrected chi connectivity index (χ1v) is 9.24. The second kappa shape index (κ2) is 6.87. The molecule has 0 radical (unpaired) electrons. The lowest BCUT2D eigenvalue weighted by Gasteiger charge is -2.25. The first kappa shape index (κ1) is 16.4. The fraction of sp³-hybridized carbons (Fsp3) is 0.615. The van der Waals surface area contributed by atoms with Gasteiger partial charge in [0.1, 0.15) is 0 Å². The lowest BCUT2D eigenvalue weighted by Crippen LogP contribution is -2.40. The van der Waals surface area contributed by atoms with Crippen molar-refractivity contribution in [1.82, 2.24) is 9.62 Å². The van der Waals surface area contributed by atoms with Crippen LogP contribution < -0.4 is 5.32 Å². The van der Waals surface area contributed by atoms with E-state index < -0.39 is 10.0 Å². The van der Waals surface area contributed by atoms with E-state index in [1.807, 2.05) is 13.8 Å². The molecule has 0 aliphatic carbocycles. The zero-order valence-electron chi connectivity index (χ0n) is 12.2. The van der Waals surface area contributed by atoms with E-state index in [9.17, 15) is 13.2 Å². The molecule has 1 fully saturated rings. The van der Waals surface area contributed by atoms with Crippen molar-refractivity contribution in [3.63, 3.8) is 0 Å². The summed E-state index contributed by atoms with van der Waals surface area (Å²) in [6, 6.07) is 1.52. The van der Waals surface area contributed by atoms with Gasteiger partial charge < -0.3 is 10.1 Å². The highest BCUT2D eigenvalue weighted by molar-refractivity contribution is 7.89. The molecule has 2 heterocycles. The summed E-state index contributed by atoms with van der Waals surface area (Å²) in [5.74, 6) is -0.224. The molecular weight excluding hydrogens is 312 g/mol. The third-order valence-corrected chi connectivity index (χ3v) is 6.35. The molecular formula is C13H20N2O4S2. The van der Waals surface area contributed by atoms with Crippen LogP contribution in [0.3, 0.4) is 0 Å². The molecule has 0 bridgehead atoms. The summed E-state index contributed by atoms with van der Waals surface area (Å²) in [7, 11) is -3.53. The summed E-state index contributed by atoms with van der Waals surface area (Å²) in [5.41, 5.74) is 0. The van der Waals surface area contributed by atoms with Gasteiger partial charge in [-0.3, -0.25) is 4.79 Å².